The Morgan fingerprint density at radius 1 is 1.00 bits per heavy atom. The first kappa shape index (κ1) is 9.41. The lowest BCUT2D eigenvalue weighted by Gasteiger charge is -1.92. The summed E-state index contributed by atoms with van der Waals surface area (Å²) in [6.07, 6.45) is 3.62. The van der Waals surface area contributed by atoms with Crippen LogP contribution in [0.4, 0.5) is 0 Å². The minimum atomic E-state index is 0.946. The number of hydrogen-bond donors (Lipinski definition) is 2. The lowest BCUT2D eigenvalue weighted by atomic mass is 10.1. The van der Waals surface area contributed by atoms with E-state index in [0.717, 1.165) is 33.2 Å². The van der Waals surface area contributed by atoms with E-state index in [-0.39, 0.29) is 0 Å². The summed E-state index contributed by atoms with van der Waals surface area (Å²) >= 11 is 0. The Morgan fingerprint density at radius 2 is 1.94 bits per heavy atom. The Balaban J connectivity index is 2.01. The van der Waals surface area contributed by atoms with Crippen LogP contribution in [0.15, 0.2) is 48.8 Å². The minimum absolute atomic E-state index is 0.946. The number of nitrogens with one attached hydrogen (secondary N) is 2. The number of rotatable bonds is 1. The van der Waals surface area contributed by atoms with E-state index in [1.54, 1.807) is 6.20 Å². The van der Waals surface area contributed by atoms with E-state index in [2.05, 4.69) is 32.3 Å². The minimum Gasteiger partial charge on any atom is -0.352 e. The number of para-hydroxylation sites is 1. The molecule has 18 heavy (non-hydrogen) atoms. The van der Waals surface area contributed by atoms with Gasteiger partial charge in [0.05, 0.1) is 22.9 Å². The normalized spacial score (nSPS) is 11.3. The molecule has 0 atom stereocenters. The fraction of sp³-hybridized carbons (Fsp3) is 0. The zero-order chi connectivity index (χ0) is 11.9. The zero-order valence-corrected chi connectivity index (χ0v) is 9.51. The molecule has 0 aliphatic heterocycles. The SMILES string of the molecule is c1ccc2c(-c3cc4ccncc4[nH]3)n[nH]c2c1. The van der Waals surface area contributed by atoms with Gasteiger partial charge >= 0.3 is 0 Å². The lowest BCUT2D eigenvalue weighted by molar-refractivity contribution is 1.12. The van der Waals surface area contributed by atoms with Gasteiger partial charge in [-0.15, -0.1) is 0 Å². The van der Waals surface area contributed by atoms with Crippen molar-refractivity contribution in [1.29, 1.82) is 0 Å². The van der Waals surface area contributed by atoms with Crippen molar-refractivity contribution in [3.8, 4) is 11.4 Å². The summed E-state index contributed by atoms with van der Waals surface area (Å²) < 4.78 is 0. The topological polar surface area (TPSA) is 57.4 Å². The molecule has 4 heteroatoms. The number of hydrogen-bond acceptors (Lipinski definition) is 2. The van der Waals surface area contributed by atoms with E-state index in [1.165, 1.54) is 0 Å². The molecule has 4 nitrogen and oxygen atoms in total. The monoisotopic (exact) mass is 234 g/mol. The van der Waals surface area contributed by atoms with Crippen LogP contribution in [0.3, 0.4) is 0 Å². The second-order valence-corrected chi connectivity index (χ2v) is 4.26. The Kier molecular flexibility index (Phi) is 1.80. The smallest absolute Gasteiger partial charge is 0.116 e. The van der Waals surface area contributed by atoms with Crippen molar-refractivity contribution < 1.29 is 0 Å². The van der Waals surface area contributed by atoms with Crippen LogP contribution >= 0.6 is 0 Å². The fourth-order valence-electron chi connectivity index (χ4n) is 2.27. The van der Waals surface area contributed by atoms with E-state index in [1.807, 2.05) is 30.5 Å². The summed E-state index contributed by atoms with van der Waals surface area (Å²) in [5.41, 5.74) is 4.03. The average molecular weight is 234 g/mol. The molecule has 2 N–H and O–H groups in total. The van der Waals surface area contributed by atoms with Gasteiger partial charge in [-0.2, -0.15) is 5.10 Å². The molecule has 3 heterocycles. The summed E-state index contributed by atoms with van der Waals surface area (Å²) in [6, 6.07) is 12.2. The van der Waals surface area contributed by atoms with Crippen molar-refractivity contribution in [3.63, 3.8) is 0 Å². The van der Waals surface area contributed by atoms with Crippen molar-refractivity contribution in [1.82, 2.24) is 20.2 Å². The average Bonchev–Trinajstić information content (AvgIpc) is 3.02. The number of pyridine rings is 1. The van der Waals surface area contributed by atoms with Crippen LogP contribution in [0.2, 0.25) is 0 Å². The first-order valence-corrected chi connectivity index (χ1v) is 5.78. The first-order chi connectivity index (χ1) is 8.92. The van der Waals surface area contributed by atoms with Gasteiger partial charge in [0.25, 0.3) is 0 Å². The number of fused-ring (bicyclic) bond motifs is 2. The first-order valence-electron chi connectivity index (χ1n) is 5.78. The molecule has 0 aliphatic rings. The van der Waals surface area contributed by atoms with Gasteiger partial charge in [0.2, 0.25) is 0 Å². The maximum absolute atomic E-state index is 4.38. The second-order valence-electron chi connectivity index (χ2n) is 4.26. The highest BCUT2D eigenvalue weighted by molar-refractivity contribution is 5.95. The molecule has 0 spiro atoms. The predicted molar refractivity (Wildman–Crippen MR) is 71.2 cm³/mol. The highest BCUT2D eigenvalue weighted by atomic mass is 15.1. The predicted octanol–water partition coefficient (Wildman–Crippen LogP) is 3.11. The number of aromatic nitrogens is 4. The number of H-pyrrole nitrogens is 2. The third-order valence-electron chi connectivity index (χ3n) is 3.15. The molecule has 0 amide bonds. The fourth-order valence-corrected chi connectivity index (χ4v) is 2.27. The number of nitrogens with zero attached hydrogens (tertiary/aromatic N) is 2. The molecular weight excluding hydrogens is 224 g/mol. The molecule has 4 rings (SSSR count). The summed E-state index contributed by atoms with van der Waals surface area (Å²) in [4.78, 5) is 7.46. The highest BCUT2D eigenvalue weighted by Gasteiger charge is 2.09. The van der Waals surface area contributed by atoms with Gasteiger partial charge in [0.15, 0.2) is 0 Å². The molecule has 86 valence electrons. The van der Waals surface area contributed by atoms with Crippen LogP contribution in [0.1, 0.15) is 0 Å². The summed E-state index contributed by atoms with van der Waals surface area (Å²) in [7, 11) is 0. The molecular formula is C14H10N4. The summed E-state index contributed by atoms with van der Waals surface area (Å²) in [5.74, 6) is 0. The van der Waals surface area contributed by atoms with Crippen LogP contribution in [0, 0.1) is 0 Å². The largest absolute Gasteiger partial charge is 0.352 e. The summed E-state index contributed by atoms with van der Waals surface area (Å²) in [6.45, 7) is 0. The maximum Gasteiger partial charge on any atom is 0.116 e. The summed E-state index contributed by atoms with van der Waals surface area (Å²) in [5, 5.41) is 9.70. The van der Waals surface area contributed by atoms with Gasteiger partial charge in [-0.05, 0) is 18.2 Å². The second kappa shape index (κ2) is 3.43. The molecule has 0 bridgehead atoms. The number of benzene rings is 1. The Hall–Kier alpha value is -2.62. The number of aromatic amines is 2. The van der Waals surface area contributed by atoms with Crippen LogP contribution in [-0.4, -0.2) is 20.2 Å². The molecule has 0 aliphatic carbocycles. The molecule has 0 unspecified atom stereocenters. The van der Waals surface area contributed by atoms with Gasteiger partial charge in [0, 0.05) is 17.0 Å². The van der Waals surface area contributed by atoms with E-state index in [9.17, 15) is 0 Å². The van der Waals surface area contributed by atoms with Crippen molar-refractivity contribution in [2.24, 2.45) is 0 Å². The van der Waals surface area contributed by atoms with Gasteiger partial charge in [-0.1, -0.05) is 18.2 Å². The quantitative estimate of drug-likeness (QED) is 0.531. The third-order valence-corrected chi connectivity index (χ3v) is 3.15. The molecule has 4 aromatic rings. The van der Waals surface area contributed by atoms with E-state index in [0.29, 0.717) is 0 Å². The van der Waals surface area contributed by atoms with E-state index < -0.39 is 0 Å². The van der Waals surface area contributed by atoms with Crippen molar-refractivity contribution in [2.45, 2.75) is 0 Å². The van der Waals surface area contributed by atoms with Crippen LogP contribution in [-0.2, 0) is 0 Å². The van der Waals surface area contributed by atoms with Gasteiger partial charge < -0.3 is 4.98 Å². The molecule has 0 fully saturated rings. The Morgan fingerprint density at radius 3 is 2.89 bits per heavy atom. The molecule has 0 saturated carbocycles. The van der Waals surface area contributed by atoms with Crippen molar-refractivity contribution >= 4 is 21.8 Å². The van der Waals surface area contributed by atoms with Crippen LogP contribution < -0.4 is 0 Å². The lowest BCUT2D eigenvalue weighted by Crippen LogP contribution is -1.77. The van der Waals surface area contributed by atoms with Crippen molar-refractivity contribution in [2.75, 3.05) is 0 Å². The highest BCUT2D eigenvalue weighted by Crippen LogP contribution is 2.27. The standard InChI is InChI=1S/C14H10N4/c1-2-4-11-10(3-1)14(18-17-11)12-7-9-5-6-15-8-13(9)16-12/h1-8,16H,(H,17,18). The third kappa shape index (κ3) is 1.26. The zero-order valence-electron chi connectivity index (χ0n) is 9.51. The molecule has 0 radical (unpaired) electrons. The molecule has 1 aromatic carbocycles. The van der Waals surface area contributed by atoms with Crippen LogP contribution in [0.5, 0.6) is 0 Å². The Labute approximate surface area is 103 Å². The van der Waals surface area contributed by atoms with Crippen LogP contribution in [0.25, 0.3) is 33.2 Å². The van der Waals surface area contributed by atoms with Gasteiger partial charge in [0.1, 0.15) is 5.69 Å². The van der Waals surface area contributed by atoms with E-state index in [4.69, 9.17) is 0 Å². The Bertz CT molecular complexity index is 808. The molecule has 3 aromatic heterocycles. The van der Waals surface area contributed by atoms with Gasteiger partial charge in [-0.25, -0.2) is 0 Å². The molecule has 0 saturated heterocycles. The maximum atomic E-state index is 4.38. The van der Waals surface area contributed by atoms with Gasteiger partial charge in [-0.3, -0.25) is 10.1 Å². The van der Waals surface area contributed by atoms with Crippen molar-refractivity contribution in [3.05, 3.63) is 48.8 Å². The van der Waals surface area contributed by atoms with E-state index >= 15 is 0 Å².